The molecule has 0 aliphatic heterocycles. The monoisotopic (exact) mass is 256 g/mol. The van der Waals surface area contributed by atoms with Crippen molar-refractivity contribution in [2.45, 2.75) is 51.3 Å². The summed E-state index contributed by atoms with van der Waals surface area (Å²) in [6.07, 6.45) is 1.51. The zero-order chi connectivity index (χ0) is 13.2. The molecule has 0 unspecified atom stereocenters. The van der Waals surface area contributed by atoms with Crippen molar-refractivity contribution in [2.24, 2.45) is 0 Å². The zero-order valence-corrected chi connectivity index (χ0v) is 11.6. The van der Waals surface area contributed by atoms with Gasteiger partial charge in [-0.3, -0.25) is 4.55 Å². The molecule has 0 fully saturated rings. The molecule has 0 bridgehead atoms. The van der Waals surface area contributed by atoms with Gasteiger partial charge >= 0.3 is 0 Å². The average Bonchev–Trinajstić information content (AvgIpc) is 2.18. The van der Waals surface area contributed by atoms with Gasteiger partial charge < -0.3 is 0 Å². The summed E-state index contributed by atoms with van der Waals surface area (Å²) in [5.41, 5.74) is 2.76. The van der Waals surface area contributed by atoms with E-state index in [9.17, 15) is 13.0 Å². The summed E-state index contributed by atoms with van der Waals surface area (Å²) in [6.45, 7) is 8.01. The van der Waals surface area contributed by atoms with Crippen LogP contribution in [0.25, 0.3) is 0 Å². The lowest BCUT2D eigenvalue weighted by atomic mass is 9.94. The van der Waals surface area contributed by atoms with Crippen molar-refractivity contribution in [3.8, 4) is 0 Å². The van der Waals surface area contributed by atoms with Crippen LogP contribution in [0.15, 0.2) is 17.0 Å². The standard InChI is InChI=1S/C13H20O3S/c1-5-6-11-8-12(9(2)3)10(4)7-13(11)17(14,15)16/h7-9H,5-6H2,1-4H3,(H,14,15,16). The molecule has 4 heteroatoms. The molecule has 17 heavy (non-hydrogen) atoms. The number of benzene rings is 1. The fourth-order valence-corrected chi connectivity index (χ4v) is 2.89. The van der Waals surface area contributed by atoms with Crippen molar-refractivity contribution < 1.29 is 13.0 Å². The van der Waals surface area contributed by atoms with Crippen LogP contribution < -0.4 is 0 Å². The molecule has 0 aliphatic carbocycles. The van der Waals surface area contributed by atoms with Crippen molar-refractivity contribution in [1.82, 2.24) is 0 Å². The van der Waals surface area contributed by atoms with Crippen molar-refractivity contribution in [3.05, 3.63) is 28.8 Å². The Labute approximate surface area is 104 Å². The molecule has 96 valence electrons. The number of hydrogen-bond donors (Lipinski definition) is 1. The molecule has 1 N–H and O–H groups in total. The molecule has 1 aromatic carbocycles. The minimum absolute atomic E-state index is 0.0567. The molecule has 0 spiro atoms. The van der Waals surface area contributed by atoms with Crippen LogP contribution >= 0.6 is 0 Å². The van der Waals surface area contributed by atoms with Crippen LogP contribution in [0.3, 0.4) is 0 Å². The Balaban J connectivity index is 3.46. The van der Waals surface area contributed by atoms with Gasteiger partial charge in [-0.2, -0.15) is 8.42 Å². The fraction of sp³-hybridized carbons (Fsp3) is 0.538. The molecule has 0 aromatic heterocycles. The number of hydrogen-bond acceptors (Lipinski definition) is 2. The number of aryl methyl sites for hydroxylation is 2. The van der Waals surface area contributed by atoms with Crippen molar-refractivity contribution in [1.29, 1.82) is 0 Å². The lowest BCUT2D eigenvalue weighted by Gasteiger charge is -2.15. The van der Waals surface area contributed by atoms with Crippen molar-refractivity contribution in [3.63, 3.8) is 0 Å². The van der Waals surface area contributed by atoms with E-state index in [2.05, 4.69) is 13.8 Å². The van der Waals surface area contributed by atoms with Crippen molar-refractivity contribution in [2.75, 3.05) is 0 Å². The van der Waals surface area contributed by atoms with Gasteiger partial charge in [-0.25, -0.2) is 0 Å². The molecule has 1 rings (SSSR count). The lowest BCUT2D eigenvalue weighted by molar-refractivity contribution is 0.481. The number of rotatable bonds is 4. The van der Waals surface area contributed by atoms with E-state index in [0.717, 1.165) is 17.5 Å². The molecule has 0 amide bonds. The molecule has 0 heterocycles. The van der Waals surface area contributed by atoms with E-state index in [4.69, 9.17) is 0 Å². The minimum Gasteiger partial charge on any atom is -0.282 e. The van der Waals surface area contributed by atoms with Gasteiger partial charge in [0.15, 0.2) is 0 Å². The van der Waals surface area contributed by atoms with E-state index >= 15 is 0 Å². The van der Waals surface area contributed by atoms with Gasteiger partial charge in [0.25, 0.3) is 10.1 Å². The van der Waals surface area contributed by atoms with E-state index in [0.29, 0.717) is 17.9 Å². The highest BCUT2D eigenvalue weighted by molar-refractivity contribution is 7.85. The van der Waals surface area contributed by atoms with Crippen LogP contribution in [0.1, 0.15) is 49.8 Å². The third kappa shape index (κ3) is 3.30. The van der Waals surface area contributed by atoms with Gasteiger partial charge in [-0.1, -0.05) is 33.3 Å². The quantitative estimate of drug-likeness (QED) is 0.841. The van der Waals surface area contributed by atoms with Gasteiger partial charge in [0, 0.05) is 0 Å². The largest absolute Gasteiger partial charge is 0.294 e. The van der Waals surface area contributed by atoms with E-state index in [1.165, 1.54) is 0 Å². The Hall–Kier alpha value is -0.870. The predicted octanol–water partition coefficient (Wildman–Crippen LogP) is 3.32. The molecule has 0 saturated carbocycles. The lowest BCUT2D eigenvalue weighted by Crippen LogP contribution is -2.06. The summed E-state index contributed by atoms with van der Waals surface area (Å²) < 4.78 is 31.9. The first-order valence-electron chi connectivity index (χ1n) is 5.88. The van der Waals surface area contributed by atoms with Crippen LogP contribution in [0, 0.1) is 6.92 Å². The maximum absolute atomic E-state index is 11.3. The third-order valence-corrected chi connectivity index (χ3v) is 3.80. The molecule has 0 radical (unpaired) electrons. The summed E-state index contributed by atoms with van der Waals surface area (Å²) in [5.74, 6) is 0.348. The molecular formula is C13H20O3S. The van der Waals surface area contributed by atoms with E-state index in [1.54, 1.807) is 6.07 Å². The molecule has 0 aliphatic rings. The fourth-order valence-electron chi connectivity index (χ4n) is 2.07. The van der Waals surface area contributed by atoms with Crippen molar-refractivity contribution >= 4 is 10.1 Å². The Kier molecular flexibility index (Phi) is 4.33. The minimum atomic E-state index is -4.12. The molecule has 1 aromatic rings. The second-order valence-electron chi connectivity index (χ2n) is 4.70. The second-order valence-corrected chi connectivity index (χ2v) is 6.09. The van der Waals surface area contributed by atoms with Gasteiger partial charge in [-0.05, 0) is 42.0 Å². The van der Waals surface area contributed by atoms with Gasteiger partial charge in [0.1, 0.15) is 0 Å². The zero-order valence-electron chi connectivity index (χ0n) is 10.8. The third-order valence-electron chi connectivity index (χ3n) is 2.87. The highest BCUT2D eigenvalue weighted by Crippen LogP contribution is 2.26. The summed E-state index contributed by atoms with van der Waals surface area (Å²) in [4.78, 5) is 0.0567. The van der Waals surface area contributed by atoms with Crippen LogP contribution in [0.4, 0.5) is 0 Å². The predicted molar refractivity (Wildman–Crippen MR) is 69.1 cm³/mol. The molecule has 0 atom stereocenters. The molecule has 3 nitrogen and oxygen atoms in total. The van der Waals surface area contributed by atoms with E-state index in [1.807, 2.05) is 19.9 Å². The topological polar surface area (TPSA) is 54.4 Å². The van der Waals surface area contributed by atoms with Crippen LogP contribution in [-0.2, 0) is 16.5 Å². The van der Waals surface area contributed by atoms with Gasteiger partial charge in [-0.15, -0.1) is 0 Å². The van der Waals surface area contributed by atoms with E-state index in [-0.39, 0.29) is 4.90 Å². The van der Waals surface area contributed by atoms with E-state index < -0.39 is 10.1 Å². The second kappa shape index (κ2) is 5.19. The molecule has 0 saturated heterocycles. The molecular weight excluding hydrogens is 236 g/mol. The normalized spacial score (nSPS) is 12.1. The highest BCUT2D eigenvalue weighted by Gasteiger charge is 2.18. The highest BCUT2D eigenvalue weighted by atomic mass is 32.2. The summed E-state index contributed by atoms with van der Waals surface area (Å²) >= 11 is 0. The Morgan fingerprint density at radius 1 is 1.29 bits per heavy atom. The summed E-state index contributed by atoms with van der Waals surface area (Å²) in [7, 11) is -4.12. The summed E-state index contributed by atoms with van der Waals surface area (Å²) in [6, 6.07) is 3.49. The van der Waals surface area contributed by atoms with Gasteiger partial charge in [0.2, 0.25) is 0 Å². The Morgan fingerprint density at radius 2 is 1.88 bits per heavy atom. The first-order valence-corrected chi connectivity index (χ1v) is 7.32. The van der Waals surface area contributed by atoms with Crippen LogP contribution in [0.2, 0.25) is 0 Å². The Morgan fingerprint density at radius 3 is 2.29 bits per heavy atom. The Bertz CT molecular complexity index is 502. The maximum atomic E-state index is 11.3. The first-order chi connectivity index (χ1) is 7.77. The first kappa shape index (κ1) is 14.2. The van der Waals surface area contributed by atoms with Gasteiger partial charge in [0.05, 0.1) is 4.90 Å². The summed E-state index contributed by atoms with van der Waals surface area (Å²) in [5, 5.41) is 0. The van der Waals surface area contributed by atoms with Crippen LogP contribution in [-0.4, -0.2) is 13.0 Å². The average molecular weight is 256 g/mol. The maximum Gasteiger partial charge on any atom is 0.294 e. The SMILES string of the molecule is CCCc1cc(C(C)C)c(C)cc1S(=O)(=O)O. The van der Waals surface area contributed by atoms with Crippen LogP contribution in [0.5, 0.6) is 0 Å². The smallest absolute Gasteiger partial charge is 0.282 e.